The number of carbonyl (C=O) groups is 1. The molecule has 166 valence electrons. The molecule has 3 heterocycles. The van der Waals surface area contributed by atoms with Crippen molar-refractivity contribution >= 4 is 39.7 Å². The third-order valence-corrected chi connectivity index (χ3v) is 6.24. The zero-order valence-electron chi connectivity index (χ0n) is 17.6. The van der Waals surface area contributed by atoms with E-state index >= 15 is 0 Å². The van der Waals surface area contributed by atoms with Crippen molar-refractivity contribution in [2.75, 3.05) is 0 Å². The number of pyridine rings is 1. The minimum absolute atomic E-state index is 0.147. The number of azo groups is 1. The Hall–Kier alpha value is -4.26. The molecule has 1 aliphatic rings. The Bertz CT molecular complexity index is 1420. The van der Waals surface area contributed by atoms with Gasteiger partial charge in [-0.05, 0) is 55.9 Å². The fourth-order valence-corrected chi connectivity index (χ4v) is 4.59. The van der Waals surface area contributed by atoms with E-state index in [0.717, 1.165) is 42.2 Å². The second-order valence-corrected chi connectivity index (χ2v) is 8.26. The number of imidazole rings is 1. The highest BCUT2D eigenvalue weighted by molar-refractivity contribution is 6.02. The summed E-state index contributed by atoms with van der Waals surface area (Å²) >= 11 is 0. The van der Waals surface area contributed by atoms with Gasteiger partial charge in [-0.1, -0.05) is 0 Å². The number of hydrogen-bond donors (Lipinski definition) is 3. The monoisotopic (exact) mass is 443 g/mol. The second-order valence-electron chi connectivity index (χ2n) is 8.26. The van der Waals surface area contributed by atoms with Crippen molar-refractivity contribution in [3.8, 4) is 11.8 Å². The predicted molar refractivity (Wildman–Crippen MR) is 120 cm³/mol. The lowest BCUT2D eigenvalue weighted by atomic mass is 9.84. The first kappa shape index (κ1) is 20.6. The molecule has 0 spiro atoms. The fourth-order valence-electron chi connectivity index (χ4n) is 4.59. The number of hydrogen-bond acceptors (Lipinski definition) is 7. The molecule has 33 heavy (non-hydrogen) atoms. The number of aromatic amines is 1. The Morgan fingerprint density at radius 2 is 2.06 bits per heavy atom. The number of aromatic hydroxyl groups is 1. The molecule has 0 atom stereocenters. The summed E-state index contributed by atoms with van der Waals surface area (Å²) < 4.78 is 2.10. The molecule has 0 saturated heterocycles. The lowest BCUT2D eigenvalue weighted by molar-refractivity contribution is 0.0693. The number of phenols is 1. The van der Waals surface area contributed by atoms with Gasteiger partial charge in [0.15, 0.2) is 0 Å². The maximum absolute atomic E-state index is 11.3. The van der Waals surface area contributed by atoms with Crippen molar-refractivity contribution in [2.45, 2.75) is 38.1 Å². The van der Waals surface area contributed by atoms with Crippen molar-refractivity contribution in [2.24, 2.45) is 16.1 Å². The van der Waals surface area contributed by atoms with Crippen LogP contribution in [0.4, 0.5) is 11.6 Å². The molecule has 0 unspecified atom stereocenters. The summed E-state index contributed by atoms with van der Waals surface area (Å²) in [6.07, 6.45) is 7.82. The molecule has 1 fully saturated rings. The van der Waals surface area contributed by atoms with Gasteiger partial charge in [-0.2, -0.15) is 5.26 Å². The van der Waals surface area contributed by atoms with E-state index in [1.807, 2.05) is 12.3 Å². The maximum atomic E-state index is 11.3. The SMILES string of the molecule is N#CC[C@H]1CC[C@H](n2c(/N=N/c3ccc(O)c(C(=O)O)c3)nc3cnc4[nH]ccc4c32)CC1. The zero-order chi connectivity index (χ0) is 22.9. The van der Waals surface area contributed by atoms with Gasteiger partial charge in [0.2, 0.25) is 0 Å². The number of aromatic carboxylic acids is 1. The standard InChI is InChI=1S/C23H21N7O3/c24-9-7-13-1-4-15(5-2-13)30-20-16-8-10-25-21(16)26-12-18(20)27-23(30)29-28-14-3-6-19(31)17(11-14)22(32)33/h3,6,8,10-13,15,31H,1-2,4-5,7H2,(H,25,26)(H,32,33)/b29-28+/t13-,15-. The van der Waals surface area contributed by atoms with Gasteiger partial charge in [-0.15, -0.1) is 10.2 Å². The van der Waals surface area contributed by atoms with Crippen LogP contribution < -0.4 is 0 Å². The highest BCUT2D eigenvalue weighted by Gasteiger charge is 2.27. The Morgan fingerprint density at radius 3 is 2.82 bits per heavy atom. The quantitative estimate of drug-likeness (QED) is 0.352. The largest absolute Gasteiger partial charge is 0.507 e. The molecule has 3 aromatic heterocycles. The van der Waals surface area contributed by atoms with Gasteiger partial charge in [0, 0.05) is 24.0 Å². The van der Waals surface area contributed by atoms with Crippen molar-refractivity contribution in [3.05, 3.63) is 42.2 Å². The highest BCUT2D eigenvalue weighted by Crippen LogP contribution is 2.40. The van der Waals surface area contributed by atoms with Gasteiger partial charge >= 0.3 is 5.97 Å². The molecule has 1 saturated carbocycles. The molecule has 0 amide bonds. The third-order valence-electron chi connectivity index (χ3n) is 6.24. The Labute approximate surface area is 188 Å². The zero-order valence-corrected chi connectivity index (χ0v) is 17.6. The van der Waals surface area contributed by atoms with E-state index < -0.39 is 5.97 Å². The van der Waals surface area contributed by atoms with Gasteiger partial charge < -0.3 is 19.8 Å². The Kier molecular flexibility index (Phi) is 5.22. The lowest BCUT2D eigenvalue weighted by Crippen LogP contribution is -2.18. The second kappa shape index (κ2) is 8.35. The van der Waals surface area contributed by atoms with Crippen molar-refractivity contribution < 1.29 is 15.0 Å². The van der Waals surface area contributed by atoms with Crippen LogP contribution in [0.5, 0.6) is 5.75 Å². The first-order valence-corrected chi connectivity index (χ1v) is 10.7. The summed E-state index contributed by atoms with van der Waals surface area (Å²) in [6, 6.07) is 8.44. The highest BCUT2D eigenvalue weighted by atomic mass is 16.4. The van der Waals surface area contributed by atoms with Crippen LogP contribution in [0, 0.1) is 17.2 Å². The fraction of sp³-hybridized carbons (Fsp3) is 0.304. The Morgan fingerprint density at radius 1 is 1.24 bits per heavy atom. The number of carboxylic acids is 1. The molecule has 10 heteroatoms. The third kappa shape index (κ3) is 3.78. The van der Waals surface area contributed by atoms with Crippen LogP contribution in [0.25, 0.3) is 22.1 Å². The lowest BCUT2D eigenvalue weighted by Gasteiger charge is -2.29. The van der Waals surface area contributed by atoms with Crippen LogP contribution in [0.1, 0.15) is 48.5 Å². The number of benzene rings is 1. The minimum atomic E-state index is -1.24. The summed E-state index contributed by atoms with van der Waals surface area (Å²) in [5, 5.41) is 37.6. The normalized spacial score (nSPS) is 18.8. The number of carboxylic acid groups (broad SMARTS) is 1. The van der Waals surface area contributed by atoms with E-state index in [9.17, 15) is 15.0 Å². The van der Waals surface area contributed by atoms with E-state index in [-0.39, 0.29) is 17.4 Å². The average Bonchev–Trinajstić information content (AvgIpc) is 3.43. The van der Waals surface area contributed by atoms with Crippen LogP contribution in [0.3, 0.4) is 0 Å². The van der Waals surface area contributed by atoms with Crippen LogP contribution in [0.15, 0.2) is 46.9 Å². The molecule has 10 nitrogen and oxygen atoms in total. The molecule has 4 aromatic rings. The molecule has 5 rings (SSSR count). The number of aromatic nitrogens is 4. The number of H-pyrrole nitrogens is 1. The summed E-state index contributed by atoms with van der Waals surface area (Å²) in [5.41, 5.74) is 2.44. The van der Waals surface area contributed by atoms with E-state index in [1.165, 1.54) is 18.2 Å². The number of nitrogens with one attached hydrogen (secondary N) is 1. The van der Waals surface area contributed by atoms with E-state index in [0.29, 0.717) is 29.5 Å². The maximum Gasteiger partial charge on any atom is 0.339 e. The number of fused-ring (bicyclic) bond motifs is 3. The molecule has 0 bridgehead atoms. The molecular formula is C23H21N7O3. The van der Waals surface area contributed by atoms with Crippen molar-refractivity contribution in [3.63, 3.8) is 0 Å². The first-order chi connectivity index (χ1) is 16.0. The van der Waals surface area contributed by atoms with E-state index in [4.69, 9.17) is 5.26 Å². The van der Waals surface area contributed by atoms with Gasteiger partial charge in [0.1, 0.15) is 22.5 Å². The summed E-state index contributed by atoms with van der Waals surface area (Å²) in [6.45, 7) is 0. The van der Waals surface area contributed by atoms with Crippen LogP contribution in [-0.4, -0.2) is 35.7 Å². The van der Waals surface area contributed by atoms with E-state index in [1.54, 1.807) is 6.20 Å². The summed E-state index contributed by atoms with van der Waals surface area (Å²) in [4.78, 5) is 23.6. The van der Waals surface area contributed by atoms with Crippen LogP contribution >= 0.6 is 0 Å². The van der Waals surface area contributed by atoms with Crippen molar-refractivity contribution in [1.82, 2.24) is 19.5 Å². The summed E-state index contributed by atoms with van der Waals surface area (Å²) in [5.74, 6) is -0.753. The number of nitrogens with zero attached hydrogens (tertiary/aromatic N) is 6. The number of nitriles is 1. The van der Waals surface area contributed by atoms with E-state index in [2.05, 4.69) is 35.8 Å². The molecule has 3 N–H and O–H groups in total. The predicted octanol–water partition coefficient (Wildman–Crippen LogP) is 5.38. The van der Waals surface area contributed by atoms with Gasteiger partial charge in [-0.3, -0.25) is 0 Å². The molecule has 1 aliphatic carbocycles. The smallest absolute Gasteiger partial charge is 0.339 e. The first-order valence-electron chi connectivity index (χ1n) is 10.7. The van der Waals surface area contributed by atoms with Gasteiger partial charge in [0.05, 0.1) is 23.5 Å². The Balaban J connectivity index is 1.58. The van der Waals surface area contributed by atoms with Crippen LogP contribution in [0.2, 0.25) is 0 Å². The molecular weight excluding hydrogens is 422 g/mol. The topological polar surface area (TPSA) is 153 Å². The van der Waals surface area contributed by atoms with Crippen molar-refractivity contribution in [1.29, 1.82) is 5.26 Å². The van der Waals surface area contributed by atoms with Crippen LogP contribution in [-0.2, 0) is 0 Å². The number of rotatable bonds is 5. The van der Waals surface area contributed by atoms with Gasteiger partial charge in [0.25, 0.3) is 5.95 Å². The van der Waals surface area contributed by atoms with Gasteiger partial charge in [-0.25, -0.2) is 14.8 Å². The average molecular weight is 443 g/mol. The molecule has 0 radical (unpaired) electrons. The molecule has 1 aromatic carbocycles. The minimum Gasteiger partial charge on any atom is -0.507 e. The summed E-state index contributed by atoms with van der Waals surface area (Å²) in [7, 11) is 0. The molecule has 0 aliphatic heterocycles.